The fourth-order valence-corrected chi connectivity index (χ4v) is 9.00. The third kappa shape index (κ3) is 5.90. The van der Waals surface area contributed by atoms with Crippen molar-refractivity contribution in [2.75, 3.05) is 4.90 Å². The van der Waals surface area contributed by atoms with E-state index in [0.29, 0.717) is 0 Å². The van der Waals surface area contributed by atoms with Gasteiger partial charge in [-0.2, -0.15) is 0 Å². The van der Waals surface area contributed by atoms with Gasteiger partial charge in [-0.1, -0.05) is 170 Å². The standard InChI is InChI=1S/C56H39NO/c1-3-14-38(15-4-1)43-21-11-22-44(36-43)39-28-32-46(33-29-39)57(52-26-13-27-54-55(52)51-35-30-42-19-8-10-24-50(42)56(51)58-54)53-37-45(31-34-49(53)41-16-5-2-6-17-41)48-25-12-20-40-18-7-9-23-47(40)48/h1-30,32-33,35-37H,31,34H2. The molecule has 0 saturated carbocycles. The first-order valence-electron chi connectivity index (χ1n) is 20.1. The van der Waals surface area contributed by atoms with Gasteiger partial charge in [0.2, 0.25) is 0 Å². The first-order valence-corrected chi connectivity index (χ1v) is 20.1. The van der Waals surface area contributed by atoms with Crippen molar-refractivity contribution in [1.82, 2.24) is 0 Å². The van der Waals surface area contributed by atoms with Crippen LogP contribution in [0.3, 0.4) is 0 Å². The Kier molecular flexibility index (Phi) is 8.33. The van der Waals surface area contributed by atoms with Crippen molar-refractivity contribution in [3.63, 3.8) is 0 Å². The molecule has 58 heavy (non-hydrogen) atoms. The third-order valence-corrected chi connectivity index (χ3v) is 11.8. The Hall–Kier alpha value is -7.42. The van der Waals surface area contributed by atoms with Crippen LogP contribution in [0, 0.1) is 0 Å². The number of allylic oxidation sites excluding steroid dienone is 3. The summed E-state index contributed by atoms with van der Waals surface area (Å²) in [5, 5.41) is 7.04. The third-order valence-electron chi connectivity index (χ3n) is 11.8. The zero-order valence-corrected chi connectivity index (χ0v) is 32.0. The van der Waals surface area contributed by atoms with Crippen LogP contribution in [0.4, 0.5) is 11.4 Å². The summed E-state index contributed by atoms with van der Waals surface area (Å²) in [7, 11) is 0. The molecular weight excluding hydrogens is 703 g/mol. The Morgan fingerprint density at radius 1 is 0.414 bits per heavy atom. The van der Waals surface area contributed by atoms with Gasteiger partial charge in [0.1, 0.15) is 11.2 Å². The zero-order chi connectivity index (χ0) is 38.4. The highest BCUT2D eigenvalue weighted by atomic mass is 16.3. The van der Waals surface area contributed by atoms with Crippen LogP contribution >= 0.6 is 0 Å². The number of anilines is 2. The van der Waals surface area contributed by atoms with Crippen molar-refractivity contribution in [2.45, 2.75) is 12.8 Å². The second-order valence-electron chi connectivity index (χ2n) is 15.2. The topological polar surface area (TPSA) is 16.4 Å². The number of rotatable bonds is 7. The van der Waals surface area contributed by atoms with Crippen LogP contribution in [0.1, 0.15) is 24.0 Å². The largest absolute Gasteiger partial charge is 0.455 e. The van der Waals surface area contributed by atoms with E-state index in [-0.39, 0.29) is 0 Å². The summed E-state index contributed by atoms with van der Waals surface area (Å²) in [6.45, 7) is 0. The van der Waals surface area contributed by atoms with Gasteiger partial charge >= 0.3 is 0 Å². The number of nitrogens with zero attached hydrogens (tertiary/aromatic N) is 1. The Morgan fingerprint density at radius 2 is 1.02 bits per heavy atom. The quantitative estimate of drug-likeness (QED) is 0.162. The smallest absolute Gasteiger partial charge is 0.143 e. The van der Waals surface area contributed by atoms with Crippen molar-refractivity contribution >= 4 is 66.0 Å². The fraction of sp³-hybridized carbons (Fsp3) is 0.0357. The van der Waals surface area contributed by atoms with Crippen molar-refractivity contribution in [2.24, 2.45) is 0 Å². The highest BCUT2D eigenvalue weighted by molar-refractivity contribution is 6.19. The van der Waals surface area contributed by atoms with E-state index in [0.717, 1.165) is 51.5 Å². The first-order chi connectivity index (χ1) is 28.8. The van der Waals surface area contributed by atoms with Gasteiger partial charge in [0, 0.05) is 16.5 Å². The van der Waals surface area contributed by atoms with Gasteiger partial charge in [0.15, 0.2) is 0 Å². The maximum atomic E-state index is 6.80. The van der Waals surface area contributed by atoms with Crippen LogP contribution in [-0.2, 0) is 0 Å². The minimum atomic E-state index is 0.874. The molecule has 2 nitrogen and oxygen atoms in total. The lowest BCUT2D eigenvalue weighted by Crippen LogP contribution is -2.19. The van der Waals surface area contributed by atoms with Crippen LogP contribution < -0.4 is 4.90 Å². The number of benzene rings is 9. The monoisotopic (exact) mass is 741 g/mol. The molecule has 1 heterocycles. The minimum absolute atomic E-state index is 0.874. The van der Waals surface area contributed by atoms with E-state index in [9.17, 15) is 0 Å². The van der Waals surface area contributed by atoms with Gasteiger partial charge in [0.05, 0.1) is 16.8 Å². The highest BCUT2D eigenvalue weighted by Gasteiger charge is 2.27. The van der Waals surface area contributed by atoms with Crippen LogP contribution in [0.25, 0.3) is 76.9 Å². The number of furan rings is 1. The molecule has 0 fully saturated rings. The Labute approximate surface area is 338 Å². The molecule has 0 radical (unpaired) electrons. The molecule has 0 unspecified atom stereocenters. The van der Waals surface area contributed by atoms with Crippen molar-refractivity contribution in [3.05, 3.63) is 229 Å². The Balaban J connectivity index is 1.15. The van der Waals surface area contributed by atoms with Gasteiger partial charge in [-0.3, -0.25) is 0 Å². The molecule has 1 aromatic heterocycles. The number of hydrogen-bond donors (Lipinski definition) is 0. The van der Waals surface area contributed by atoms with Gasteiger partial charge in [0.25, 0.3) is 0 Å². The molecule has 0 aliphatic heterocycles. The van der Waals surface area contributed by atoms with E-state index in [1.54, 1.807) is 0 Å². The Bertz CT molecular complexity index is 3200. The van der Waals surface area contributed by atoms with E-state index in [4.69, 9.17) is 4.42 Å². The summed E-state index contributed by atoms with van der Waals surface area (Å²) < 4.78 is 6.80. The van der Waals surface area contributed by atoms with Crippen molar-refractivity contribution in [3.8, 4) is 22.3 Å². The second-order valence-corrected chi connectivity index (χ2v) is 15.2. The predicted octanol–water partition coefficient (Wildman–Crippen LogP) is 15.7. The normalized spacial score (nSPS) is 13.1. The van der Waals surface area contributed by atoms with E-state index in [2.05, 4.69) is 217 Å². The van der Waals surface area contributed by atoms with Crippen LogP contribution in [0.5, 0.6) is 0 Å². The predicted molar refractivity (Wildman–Crippen MR) is 245 cm³/mol. The van der Waals surface area contributed by atoms with Crippen LogP contribution in [-0.4, -0.2) is 0 Å². The lowest BCUT2D eigenvalue weighted by Gasteiger charge is -2.33. The summed E-state index contributed by atoms with van der Waals surface area (Å²) >= 11 is 0. The lowest BCUT2D eigenvalue weighted by atomic mass is 9.85. The zero-order valence-electron chi connectivity index (χ0n) is 32.0. The van der Waals surface area contributed by atoms with E-state index >= 15 is 0 Å². The molecule has 274 valence electrons. The van der Waals surface area contributed by atoms with Crippen molar-refractivity contribution in [1.29, 1.82) is 0 Å². The van der Waals surface area contributed by atoms with Gasteiger partial charge in [-0.15, -0.1) is 0 Å². The molecule has 0 atom stereocenters. The minimum Gasteiger partial charge on any atom is -0.455 e. The molecule has 0 spiro atoms. The molecule has 10 aromatic rings. The summed E-state index contributed by atoms with van der Waals surface area (Å²) in [5.41, 5.74) is 15.1. The van der Waals surface area contributed by atoms with Gasteiger partial charge < -0.3 is 9.32 Å². The summed E-state index contributed by atoms with van der Waals surface area (Å²) in [6.07, 6.45) is 4.31. The summed E-state index contributed by atoms with van der Waals surface area (Å²) in [5.74, 6) is 0. The molecule has 9 aromatic carbocycles. The second kappa shape index (κ2) is 14.3. The highest BCUT2D eigenvalue weighted by Crippen LogP contribution is 2.47. The average Bonchev–Trinajstić information content (AvgIpc) is 3.70. The van der Waals surface area contributed by atoms with E-state index in [1.807, 2.05) is 0 Å². The SMILES string of the molecule is C1=C(c2cccc3ccccc23)CCC(c2ccccc2)=C1N(c1ccc(-c2cccc(-c3ccccc3)c2)cc1)c1cccc2oc3c4ccccc4ccc3c12. The van der Waals surface area contributed by atoms with Crippen LogP contribution in [0.15, 0.2) is 222 Å². The molecule has 0 saturated heterocycles. The molecule has 1 aliphatic rings. The maximum Gasteiger partial charge on any atom is 0.143 e. The summed E-state index contributed by atoms with van der Waals surface area (Å²) in [4.78, 5) is 2.49. The van der Waals surface area contributed by atoms with E-state index < -0.39 is 0 Å². The molecule has 0 amide bonds. The van der Waals surface area contributed by atoms with Gasteiger partial charge in [-0.05, 0) is 116 Å². The summed E-state index contributed by atoms with van der Waals surface area (Å²) in [6, 6.07) is 74.4. The van der Waals surface area contributed by atoms with Crippen LogP contribution in [0.2, 0.25) is 0 Å². The molecule has 1 aliphatic carbocycles. The molecule has 2 heteroatoms. The number of hydrogen-bond acceptors (Lipinski definition) is 2. The lowest BCUT2D eigenvalue weighted by molar-refractivity contribution is 0.672. The van der Waals surface area contributed by atoms with E-state index in [1.165, 1.54) is 66.4 Å². The molecule has 11 rings (SSSR count). The molecule has 0 N–H and O–H groups in total. The molecular formula is C56H39NO. The van der Waals surface area contributed by atoms with Crippen molar-refractivity contribution < 1.29 is 4.42 Å². The fourth-order valence-electron chi connectivity index (χ4n) is 9.00. The average molecular weight is 742 g/mol. The molecule has 0 bridgehead atoms. The van der Waals surface area contributed by atoms with Gasteiger partial charge in [-0.25, -0.2) is 0 Å². The number of fused-ring (bicyclic) bond motifs is 6. The Morgan fingerprint density at radius 3 is 1.79 bits per heavy atom. The first kappa shape index (κ1) is 33.9. The maximum absolute atomic E-state index is 6.80.